The molecule has 0 aromatic heterocycles. The van der Waals surface area contributed by atoms with Gasteiger partial charge in [-0.2, -0.15) is 0 Å². The van der Waals surface area contributed by atoms with Gasteiger partial charge in [-0.15, -0.1) is 0 Å². The second-order valence-electron chi connectivity index (χ2n) is 18.1. The predicted molar refractivity (Wildman–Crippen MR) is 216 cm³/mol. The number of aliphatic carboxylic acids is 1. The van der Waals surface area contributed by atoms with Crippen LogP contribution in [0.2, 0.25) is 0 Å². The van der Waals surface area contributed by atoms with E-state index in [2.05, 4.69) is 97.1 Å². The lowest BCUT2D eigenvalue weighted by molar-refractivity contribution is -0.145. The van der Waals surface area contributed by atoms with Crippen molar-refractivity contribution in [2.75, 3.05) is 6.54 Å². The summed E-state index contributed by atoms with van der Waals surface area (Å²) in [5.41, 5.74) is 9.88. The molecular weight excluding hydrogens is 635 g/mol. The van der Waals surface area contributed by atoms with Crippen LogP contribution in [0.1, 0.15) is 127 Å². The van der Waals surface area contributed by atoms with E-state index in [-0.39, 0.29) is 29.1 Å². The maximum absolute atomic E-state index is 13.3. The fourth-order valence-corrected chi connectivity index (χ4v) is 12.5. The van der Waals surface area contributed by atoms with Crippen LogP contribution >= 0.6 is 0 Å². The largest absolute Gasteiger partial charge is 0.481 e. The third-order valence-corrected chi connectivity index (χ3v) is 15.0. The van der Waals surface area contributed by atoms with Crippen molar-refractivity contribution in [2.45, 2.75) is 127 Å². The summed E-state index contributed by atoms with van der Waals surface area (Å²) < 4.78 is 0. The Morgan fingerprint density at radius 1 is 0.788 bits per heavy atom. The highest BCUT2D eigenvalue weighted by Gasteiger charge is 2.57. The van der Waals surface area contributed by atoms with Crippen molar-refractivity contribution in [3.8, 4) is 0 Å². The topological polar surface area (TPSA) is 63.3 Å². The Morgan fingerprint density at radius 3 is 2.23 bits per heavy atom. The molecule has 7 rings (SSSR count). The Bertz CT molecular complexity index is 1500. The first-order valence-corrected chi connectivity index (χ1v) is 21.5. The van der Waals surface area contributed by atoms with Crippen molar-refractivity contribution < 1.29 is 9.90 Å². The normalized spacial score (nSPS) is 32.2. The van der Waals surface area contributed by atoms with Crippen molar-refractivity contribution >= 4 is 5.97 Å². The van der Waals surface area contributed by atoms with E-state index in [9.17, 15) is 9.90 Å². The van der Waals surface area contributed by atoms with Crippen molar-refractivity contribution in [3.05, 3.63) is 108 Å². The van der Waals surface area contributed by atoms with E-state index >= 15 is 0 Å². The van der Waals surface area contributed by atoms with Gasteiger partial charge >= 0.3 is 5.97 Å². The molecule has 0 amide bonds. The second-order valence-corrected chi connectivity index (χ2v) is 18.1. The Labute approximate surface area is 315 Å². The highest BCUT2D eigenvalue weighted by Crippen LogP contribution is 2.63. The van der Waals surface area contributed by atoms with Gasteiger partial charge in [0.1, 0.15) is 0 Å². The molecule has 0 aliphatic heterocycles. The van der Waals surface area contributed by atoms with E-state index in [1.54, 1.807) is 0 Å². The molecule has 52 heavy (non-hydrogen) atoms. The van der Waals surface area contributed by atoms with E-state index in [0.717, 1.165) is 38.0 Å². The lowest BCUT2D eigenvalue weighted by Crippen LogP contribution is -2.54. The maximum atomic E-state index is 13.3. The van der Waals surface area contributed by atoms with E-state index < -0.39 is 11.9 Å². The summed E-state index contributed by atoms with van der Waals surface area (Å²) in [6, 6.07) is 22.3. The first-order chi connectivity index (χ1) is 25.5. The Kier molecular flexibility index (Phi) is 12.6. The zero-order valence-corrected chi connectivity index (χ0v) is 31.9. The Hall–Kier alpha value is -2.91. The van der Waals surface area contributed by atoms with Crippen molar-refractivity contribution in [3.63, 3.8) is 0 Å². The zero-order valence-electron chi connectivity index (χ0n) is 31.9. The van der Waals surface area contributed by atoms with Gasteiger partial charge in [-0.05, 0) is 135 Å². The summed E-state index contributed by atoms with van der Waals surface area (Å²) in [6.45, 7) is 0.582. The van der Waals surface area contributed by atoms with Crippen LogP contribution in [-0.2, 0) is 16.6 Å². The van der Waals surface area contributed by atoms with Crippen molar-refractivity contribution in [1.82, 2.24) is 0 Å². The summed E-state index contributed by atoms with van der Waals surface area (Å²) in [4.78, 5) is 13.3. The second kappa shape index (κ2) is 17.5. The third kappa shape index (κ3) is 8.41. The number of nitrogens with two attached hydrogens (primary N) is 1. The zero-order chi connectivity index (χ0) is 35.8. The molecule has 8 unspecified atom stereocenters. The van der Waals surface area contributed by atoms with Crippen LogP contribution in [-0.4, -0.2) is 17.6 Å². The molecule has 2 aromatic carbocycles. The Morgan fingerprint density at radius 2 is 1.50 bits per heavy atom. The van der Waals surface area contributed by atoms with E-state index in [1.165, 1.54) is 101 Å². The molecule has 3 saturated carbocycles. The lowest BCUT2D eigenvalue weighted by Gasteiger charge is -2.57. The van der Waals surface area contributed by atoms with E-state index in [0.29, 0.717) is 23.8 Å². The van der Waals surface area contributed by atoms with Gasteiger partial charge in [-0.1, -0.05) is 148 Å². The van der Waals surface area contributed by atoms with Crippen LogP contribution in [0.3, 0.4) is 0 Å². The highest BCUT2D eigenvalue weighted by molar-refractivity contribution is 5.73. The first-order valence-electron chi connectivity index (χ1n) is 21.5. The molecule has 1 spiro atoms. The molecule has 8 atom stereocenters. The van der Waals surface area contributed by atoms with Crippen LogP contribution < -0.4 is 5.73 Å². The number of carboxylic acid groups (broad SMARTS) is 1. The standard InChI is InChI=1S/C49H67NO2/c50-35-41-26-28-43(47(51)52)46-44(49(42-22-11-4-12-23-42)33-15-32-48(36-49)30-13-14-31-48)29-27-40(45(41)46)34-39(25-24-38-19-8-2-9-20-38)21-10-3-7-18-37-16-5-1-6-17-37/h2-4,8-12,19-20,22-23,26-29,37,39-41,43-46H,1,5-7,13-18,21,24-25,30-36,50H2,(H,51,52). The molecule has 3 nitrogen and oxygen atoms in total. The number of carbonyl (C=O) groups is 1. The molecule has 0 radical (unpaired) electrons. The minimum absolute atomic E-state index is 0.0416. The SMILES string of the molecule is NCC1C=CC(C(=O)O)C2C1C(CC(CC=CCCC1CCCCC1)CCc1ccccc1)C=CC2C1(c2ccccc2)CCCC2(CCCC2)C1. The number of hydrogen-bond acceptors (Lipinski definition) is 2. The number of carboxylic acids is 1. The highest BCUT2D eigenvalue weighted by atomic mass is 16.4. The van der Waals surface area contributed by atoms with Crippen LogP contribution in [0.4, 0.5) is 0 Å². The summed E-state index contributed by atoms with van der Waals surface area (Å²) in [6.07, 6.45) is 38.8. The molecular formula is C49H67NO2. The van der Waals surface area contributed by atoms with Gasteiger partial charge in [0.05, 0.1) is 5.92 Å². The number of hydrogen-bond donors (Lipinski definition) is 2. The summed E-state index contributed by atoms with van der Waals surface area (Å²) in [5, 5.41) is 10.9. The first kappa shape index (κ1) is 37.4. The minimum Gasteiger partial charge on any atom is -0.481 e. The van der Waals surface area contributed by atoms with Gasteiger partial charge in [0, 0.05) is 5.41 Å². The predicted octanol–water partition coefficient (Wildman–Crippen LogP) is 11.9. The number of allylic oxidation sites excluding steroid dienone is 4. The Balaban J connectivity index is 1.19. The molecule has 5 aliphatic carbocycles. The maximum Gasteiger partial charge on any atom is 0.310 e. The molecule has 0 bridgehead atoms. The van der Waals surface area contributed by atoms with Crippen LogP contribution in [0.25, 0.3) is 0 Å². The fourth-order valence-electron chi connectivity index (χ4n) is 12.5. The van der Waals surface area contributed by atoms with Gasteiger partial charge in [-0.25, -0.2) is 0 Å². The average Bonchev–Trinajstić information content (AvgIpc) is 3.63. The molecule has 0 saturated heterocycles. The molecule has 280 valence electrons. The van der Waals surface area contributed by atoms with Gasteiger partial charge in [0.15, 0.2) is 0 Å². The van der Waals surface area contributed by atoms with E-state index in [4.69, 9.17) is 5.73 Å². The number of fused-ring (bicyclic) bond motifs is 1. The molecule has 5 aliphatic rings. The summed E-state index contributed by atoms with van der Waals surface area (Å²) in [7, 11) is 0. The van der Waals surface area contributed by atoms with Crippen molar-refractivity contribution in [1.29, 1.82) is 0 Å². The van der Waals surface area contributed by atoms with E-state index in [1.807, 2.05) is 0 Å². The van der Waals surface area contributed by atoms with Crippen LogP contribution in [0.15, 0.2) is 97.1 Å². The molecule has 0 heterocycles. The number of rotatable bonds is 14. The van der Waals surface area contributed by atoms with Crippen LogP contribution in [0.5, 0.6) is 0 Å². The van der Waals surface area contributed by atoms with Gasteiger partial charge in [0.25, 0.3) is 0 Å². The van der Waals surface area contributed by atoms with Crippen LogP contribution in [0, 0.1) is 52.8 Å². The molecule has 3 N–H and O–H groups in total. The summed E-state index contributed by atoms with van der Waals surface area (Å²) >= 11 is 0. The minimum atomic E-state index is -0.656. The smallest absolute Gasteiger partial charge is 0.310 e. The number of aryl methyl sites for hydroxylation is 1. The number of benzene rings is 2. The molecule has 3 heteroatoms. The van der Waals surface area contributed by atoms with Crippen molar-refractivity contribution in [2.24, 2.45) is 58.5 Å². The van der Waals surface area contributed by atoms with Gasteiger partial charge in [-0.3, -0.25) is 4.79 Å². The third-order valence-electron chi connectivity index (χ3n) is 15.0. The van der Waals surface area contributed by atoms with Gasteiger partial charge < -0.3 is 10.8 Å². The lowest BCUT2D eigenvalue weighted by atomic mass is 9.46. The fraction of sp³-hybridized carbons (Fsp3) is 0.612. The molecule has 2 aromatic rings. The molecule has 3 fully saturated rings. The average molecular weight is 702 g/mol. The monoisotopic (exact) mass is 702 g/mol. The van der Waals surface area contributed by atoms with Gasteiger partial charge in [0.2, 0.25) is 0 Å². The summed E-state index contributed by atoms with van der Waals surface area (Å²) in [5.74, 6) is 1.34. The quantitative estimate of drug-likeness (QED) is 0.193.